The fourth-order valence-electron chi connectivity index (χ4n) is 2.98. The van der Waals surface area contributed by atoms with Gasteiger partial charge in [0, 0.05) is 31.0 Å². The van der Waals surface area contributed by atoms with E-state index in [1.165, 1.54) is 24.3 Å². The minimum atomic E-state index is -3.76. The summed E-state index contributed by atoms with van der Waals surface area (Å²) in [4.78, 5) is 12.4. The van der Waals surface area contributed by atoms with Crippen LogP contribution in [0.5, 0.6) is 5.75 Å². The number of carbonyl (C=O) groups excluding carboxylic acids is 1. The minimum absolute atomic E-state index is 0.0783. The van der Waals surface area contributed by atoms with E-state index in [9.17, 15) is 13.2 Å². The zero-order valence-electron chi connectivity index (χ0n) is 17.5. The van der Waals surface area contributed by atoms with Crippen molar-refractivity contribution in [1.29, 1.82) is 0 Å². The molecule has 3 rings (SSSR count). The van der Waals surface area contributed by atoms with Crippen LogP contribution in [-0.4, -0.2) is 37.3 Å². The summed E-state index contributed by atoms with van der Waals surface area (Å²) in [6.45, 7) is 2.94. The Morgan fingerprint density at radius 1 is 1.10 bits per heavy atom. The average Bonchev–Trinajstić information content (AvgIpc) is 3.17. The first-order valence-corrected chi connectivity index (χ1v) is 11.5. The molecular weight excluding hydrogens is 416 g/mol. The maximum atomic E-state index is 12.6. The summed E-state index contributed by atoms with van der Waals surface area (Å²) in [6, 6.07) is 12.5. The number of benzene rings is 2. The Morgan fingerprint density at radius 3 is 2.42 bits per heavy atom. The smallest absolute Gasteiger partial charge is 0.261 e. The summed E-state index contributed by atoms with van der Waals surface area (Å²) in [5, 5.41) is 6.96. The fourth-order valence-corrected chi connectivity index (χ4v) is 4.04. The highest BCUT2D eigenvalue weighted by molar-refractivity contribution is 7.92. The molecule has 0 aliphatic heterocycles. The van der Waals surface area contributed by atoms with Crippen molar-refractivity contribution in [3.63, 3.8) is 0 Å². The molecule has 164 valence electrons. The second kappa shape index (κ2) is 10.1. The first-order valence-electron chi connectivity index (χ1n) is 9.99. The van der Waals surface area contributed by atoms with Crippen LogP contribution in [0.2, 0.25) is 0 Å². The summed E-state index contributed by atoms with van der Waals surface area (Å²) >= 11 is 0. The molecule has 31 heavy (non-hydrogen) atoms. The lowest BCUT2D eigenvalue weighted by atomic mass is 10.2. The van der Waals surface area contributed by atoms with E-state index < -0.39 is 10.0 Å². The highest BCUT2D eigenvalue weighted by Crippen LogP contribution is 2.20. The second-order valence-corrected chi connectivity index (χ2v) is 8.65. The summed E-state index contributed by atoms with van der Waals surface area (Å²) in [7, 11) is -1.90. The molecule has 0 aliphatic carbocycles. The number of carbonyl (C=O) groups is 1. The Bertz CT molecular complexity index is 1110. The van der Waals surface area contributed by atoms with Crippen LogP contribution >= 0.6 is 0 Å². The highest BCUT2D eigenvalue weighted by atomic mass is 32.2. The fraction of sp³-hybridized carbons (Fsp3) is 0.273. The lowest BCUT2D eigenvalue weighted by Gasteiger charge is -2.10. The van der Waals surface area contributed by atoms with Crippen LogP contribution in [-0.2, 0) is 23.5 Å². The van der Waals surface area contributed by atoms with Crippen molar-refractivity contribution >= 4 is 21.6 Å². The number of nitrogens with zero attached hydrogens (tertiary/aromatic N) is 2. The Hall–Kier alpha value is -3.33. The van der Waals surface area contributed by atoms with Gasteiger partial charge in [-0.25, -0.2) is 8.42 Å². The number of nitrogens with one attached hydrogen (secondary N) is 2. The monoisotopic (exact) mass is 442 g/mol. The molecule has 0 spiro atoms. The van der Waals surface area contributed by atoms with E-state index in [1.807, 2.05) is 26.4 Å². The molecule has 1 aromatic heterocycles. The van der Waals surface area contributed by atoms with Crippen LogP contribution in [0, 0.1) is 0 Å². The Kier molecular flexibility index (Phi) is 7.30. The van der Waals surface area contributed by atoms with Gasteiger partial charge in [-0.1, -0.05) is 0 Å². The van der Waals surface area contributed by atoms with Crippen molar-refractivity contribution in [1.82, 2.24) is 15.1 Å². The summed E-state index contributed by atoms with van der Waals surface area (Å²) in [5.74, 6) is 0.427. The molecule has 0 unspecified atom stereocenters. The van der Waals surface area contributed by atoms with Crippen LogP contribution in [0.25, 0.3) is 0 Å². The van der Waals surface area contributed by atoms with Crippen LogP contribution in [0.15, 0.2) is 65.8 Å². The quantitative estimate of drug-likeness (QED) is 0.470. The molecule has 2 aromatic carbocycles. The second-order valence-electron chi connectivity index (χ2n) is 6.97. The number of anilines is 1. The van der Waals surface area contributed by atoms with Gasteiger partial charge >= 0.3 is 0 Å². The van der Waals surface area contributed by atoms with E-state index >= 15 is 0 Å². The van der Waals surface area contributed by atoms with E-state index in [4.69, 9.17) is 4.74 Å². The van der Waals surface area contributed by atoms with Gasteiger partial charge in [0.1, 0.15) is 5.75 Å². The maximum absolute atomic E-state index is 12.6. The zero-order valence-corrected chi connectivity index (χ0v) is 18.4. The first-order chi connectivity index (χ1) is 14.9. The topological polar surface area (TPSA) is 102 Å². The van der Waals surface area contributed by atoms with Gasteiger partial charge in [0.15, 0.2) is 0 Å². The normalized spacial score (nSPS) is 11.2. The van der Waals surface area contributed by atoms with Crippen LogP contribution < -0.4 is 14.8 Å². The van der Waals surface area contributed by atoms with E-state index in [0.29, 0.717) is 30.2 Å². The molecule has 1 heterocycles. The number of ether oxygens (including phenoxy) is 1. The molecule has 3 aromatic rings. The highest BCUT2D eigenvalue weighted by Gasteiger charge is 2.15. The number of aromatic nitrogens is 2. The lowest BCUT2D eigenvalue weighted by molar-refractivity contribution is 0.0953. The average molecular weight is 443 g/mol. The number of hydrogen-bond acceptors (Lipinski definition) is 5. The molecule has 0 bridgehead atoms. The SMILES string of the molecule is CCOc1ccc(NS(=O)(=O)c2ccc(C(=O)NCCCc3cnn(C)c3)cc2)cc1. The van der Waals surface area contributed by atoms with Gasteiger partial charge in [0.05, 0.1) is 17.7 Å². The molecule has 0 aliphatic rings. The van der Waals surface area contributed by atoms with E-state index in [0.717, 1.165) is 18.4 Å². The van der Waals surface area contributed by atoms with Gasteiger partial charge in [-0.3, -0.25) is 14.2 Å². The van der Waals surface area contributed by atoms with Gasteiger partial charge < -0.3 is 10.1 Å². The third-order valence-corrected chi connectivity index (χ3v) is 5.93. The Balaban J connectivity index is 1.53. The molecule has 0 saturated heterocycles. The Morgan fingerprint density at radius 2 is 1.81 bits per heavy atom. The van der Waals surface area contributed by atoms with Crippen LogP contribution in [0.1, 0.15) is 29.3 Å². The van der Waals surface area contributed by atoms with E-state index in [-0.39, 0.29) is 10.8 Å². The largest absolute Gasteiger partial charge is 0.494 e. The number of sulfonamides is 1. The summed E-state index contributed by atoms with van der Waals surface area (Å²) < 4.78 is 34.8. The molecule has 0 fully saturated rings. The number of aryl methyl sites for hydroxylation is 2. The third-order valence-electron chi connectivity index (χ3n) is 4.53. The van der Waals surface area contributed by atoms with Crippen LogP contribution in [0.3, 0.4) is 0 Å². The van der Waals surface area contributed by atoms with Crippen molar-refractivity contribution < 1.29 is 17.9 Å². The number of hydrogen-bond donors (Lipinski definition) is 2. The molecule has 1 amide bonds. The lowest BCUT2D eigenvalue weighted by Crippen LogP contribution is -2.24. The standard InChI is InChI=1S/C22H26N4O4S/c1-3-30-20-10-8-19(9-11-20)25-31(28,29)21-12-6-18(7-13-21)22(27)23-14-4-5-17-15-24-26(2)16-17/h6-13,15-16,25H,3-5,14H2,1-2H3,(H,23,27). The van der Waals surface area contributed by atoms with Crippen molar-refractivity contribution in [3.8, 4) is 5.75 Å². The predicted octanol–water partition coefficient (Wildman–Crippen LogP) is 2.98. The molecule has 8 nitrogen and oxygen atoms in total. The molecule has 0 radical (unpaired) electrons. The van der Waals surface area contributed by atoms with Gasteiger partial charge in [0.25, 0.3) is 15.9 Å². The van der Waals surface area contributed by atoms with Crippen molar-refractivity contribution in [3.05, 3.63) is 72.1 Å². The number of rotatable bonds is 10. The molecule has 0 atom stereocenters. The van der Waals surface area contributed by atoms with Crippen molar-refractivity contribution in [2.45, 2.75) is 24.7 Å². The summed E-state index contributed by atoms with van der Waals surface area (Å²) in [6.07, 6.45) is 5.36. The minimum Gasteiger partial charge on any atom is -0.494 e. The molecule has 0 saturated carbocycles. The number of amides is 1. The zero-order chi connectivity index (χ0) is 22.3. The Labute approximate surface area is 182 Å². The first kappa shape index (κ1) is 22.4. The van der Waals surface area contributed by atoms with Crippen LogP contribution in [0.4, 0.5) is 5.69 Å². The molecule has 9 heteroatoms. The van der Waals surface area contributed by atoms with E-state index in [1.54, 1.807) is 28.9 Å². The third kappa shape index (κ3) is 6.32. The molecule has 2 N–H and O–H groups in total. The maximum Gasteiger partial charge on any atom is 0.261 e. The van der Waals surface area contributed by atoms with Gasteiger partial charge in [-0.2, -0.15) is 5.10 Å². The van der Waals surface area contributed by atoms with Gasteiger partial charge in [0.2, 0.25) is 0 Å². The van der Waals surface area contributed by atoms with Gasteiger partial charge in [-0.15, -0.1) is 0 Å². The molecular formula is C22H26N4O4S. The van der Waals surface area contributed by atoms with E-state index in [2.05, 4.69) is 15.1 Å². The van der Waals surface area contributed by atoms with Gasteiger partial charge in [-0.05, 0) is 73.9 Å². The van der Waals surface area contributed by atoms with Crippen molar-refractivity contribution in [2.24, 2.45) is 7.05 Å². The summed E-state index contributed by atoms with van der Waals surface area (Å²) in [5.41, 5.74) is 1.95. The van der Waals surface area contributed by atoms with Crippen molar-refractivity contribution in [2.75, 3.05) is 17.9 Å². The predicted molar refractivity (Wildman–Crippen MR) is 119 cm³/mol.